The van der Waals surface area contributed by atoms with Crippen molar-refractivity contribution in [3.8, 4) is 5.75 Å². The molecule has 0 saturated heterocycles. The largest absolute Gasteiger partial charge is 0.506 e. The summed E-state index contributed by atoms with van der Waals surface area (Å²) < 4.78 is 27.5. The highest BCUT2D eigenvalue weighted by molar-refractivity contribution is 9.11. The van der Waals surface area contributed by atoms with Crippen LogP contribution in [0.3, 0.4) is 0 Å². The molecule has 0 unspecified atom stereocenters. The summed E-state index contributed by atoms with van der Waals surface area (Å²) in [6.45, 7) is 0. The Balaban J connectivity index is 2.36. The number of phenols is 1. The fourth-order valence-electron chi connectivity index (χ4n) is 1.45. The average molecular weight is 442 g/mol. The van der Waals surface area contributed by atoms with E-state index in [2.05, 4.69) is 36.6 Å². The van der Waals surface area contributed by atoms with Crippen molar-refractivity contribution in [1.82, 2.24) is 0 Å². The first-order chi connectivity index (χ1) is 9.29. The van der Waals surface area contributed by atoms with Gasteiger partial charge >= 0.3 is 0 Å². The molecule has 0 aliphatic heterocycles. The lowest BCUT2D eigenvalue weighted by molar-refractivity contribution is 0.468. The van der Waals surface area contributed by atoms with Gasteiger partial charge in [-0.05, 0) is 68.3 Å². The van der Waals surface area contributed by atoms with Crippen LogP contribution in [0.2, 0.25) is 5.02 Å². The lowest BCUT2D eigenvalue weighted by Crippen LogP contribution is -2.12. The Morgan fingerprint density at radius 3 is 2.05 bits per heavy atom. The summed E-state index contributed by atoms with van der Waals surface area (Å²) >= 11 is 12.0. The van der Waals surface area contributed by atoms with Crippen LogP contribution in [0.1, 0.15) is 0 Å². The van der Waals surface area contributed by atoms with E-state index in [0.29, 0.717) is 19.7 Å². The summed E-state index contributed by atoms with van der Waals surface area (Å²) in [6, 6.07) is 8.75. The van der Waals surface area contributed by atoms with E-state index in [-0.39, 0.29) is 10.6 Å². The van der Waals surface area contributed by atoms with Gasteiger partial charge in [0.25, 0.3) is 10.0 Å². The molecule has 8 heteroatoms. The van der Waals surface area contributed by atoms with Gasteiger partial charge in [0.05, 0.1) is 19.5 Å². The maximum Gasteiger partial charge on any atom is 0.261 e. The SMILES string of the molecule is O=S(=O)(Nc1cc(Br)c(O)c(Br)c1)c1ccc(Cl)cc1. The highest BCUT2D eigenvalue weighted by atomic mass is 79.9. The van der Waals surface area contributed by atoms with Crippen LogP contribution >= 0.6 is 43.5 Å². The Morgan fingerprint density at radius 2 is 1.55 bits per heavy atom. The van der Waals surface area contributed by atoms with Crippen LogP contribution in [-0.2, 0) is 10.0 Å². The van der Waals surface area contributed by atoms with E-state index in [1.807, 2.05) is 0 Å². The van der Waals surface area contributed by atoms with Gasteiger partial charge in [0.15, 0.2) is 0 Å². The third kappa shape index (κ3) is 3.46. The summed E-state index contributed by atoms with van der Waals surface area (Å²) in [7, 11) is -3.71. The molecule has 2 aromatic carbocycles. The van der Waals surface area contributed by atoms with Crippen molar-refractivity contribution in [2.45, 2.75) is 4.90 Å². The van der Waals surface area contributed by atoms with Crippen LogP contribution in [0, 0.1) is 0 Å². The van der Waals surface area contributed by atoms with Gasteiger partial charge in [0.1, 0.15) is 5.75 Å². The molecule has 106 valence electrons. The second-order valence-electron chi connectivity index (χ2n) is 3.85. The number of phenolic OH excluding ortho intramolecular Hbond substituents is 1. The number of hydrogen-bond acceptors (Lipinski definition) is 3. The van der Waals surface area contributed by atoms with Crippen molar-refractivity contribution in [3.05, 3.63) is 50.4 Å². The van der Waals surface area contributed by atoms with Crippen LogP contribution in [0.25, 0.3) is 0 Å². The topological polar surface area (TPSA) is 66.4 Å². The number of nitrogens with one attached hydrogen (secondary N) is 1. The third-order valence-electron chi connectivity index (χ3n) is 2.39. The first-order valence-corrected chi connectivity index (χ1v) is 8.71. The van der Waals surface area contributed by atoms with E-state index in [1.54, 1.807) is 0 Å². The Morgan fingerprint density at radius 1 is 1.05 bits per heavy atom. The predicted molar refractivity (Wildman–Crippen MR) is 85.8 cm³/mol. The Kier molecular flexibility index (Phi) is 4.63. The number of anilines is 1. The number of benzene rings is 2. The third-order valence-corrected chi connectivity index (χ3v) is 5.25. The van der Waals surface area contributed by atoms with Crippen molar-refractivity contribution in [2.75, 3.05) is 4.72 Å². The van der Waals surface area contributed by atoms with Crippen molar-refractivity contribution in [3.63, 3.8) is 0 Å². The van der Waals surface area contributed by atoms with Crippen molar-refractivity contribution in [2.24, 2.45) is 0 Å². The highest BCUT2D eigenvalue weighted by Gasteiger charge is 2.15. The summed E-state index contributed by atoms with van der Waals surface area (Å²) in [5, 5.41) is 10.0. The van der Waals surface area contributed by atoms with Crippen molar-refractivity contribution in [1.29, 1.82) is 0 Å². The molecule has 0 amide bonds. The van der Waals surface area contributed by atoms with E-state index < -0.39 is 10.0 Å². The van der Waals surface area contributed by atoms with Crippen molar-refractivity contribution >= 4 is 59.2 Å². The second kappa shape index (κ2) is 5.93. The van der Waals surface area contributed by atoms with Gasteiger partial charge in [-0.3, -0.25) is 4.72 Å². The van der Waals surface area contributed by atoms with E-state index in [4.69, 9.17) is 11.6 Å². The predicted octanol–water partition coefficient (Wildman–Crippen LogP) is 4.37. The molecule has 0 bridgehead atoms. The van der Waals surface area contributed by atoms with Crippen LogP contribution in [0.15, 0.2) is 50.2 Å². The van der Waals surface area contributed by atoms with Crippen LogP contribution < -0.4 is 4.72 Å². The monoisotopic (exact) mass is 439 g/mol. The molecule has 0 spiro atoms. The highest BCUT2D eigenvalue weighted by Crippen LogP contribution is 2.35. The van der Waals surface area contributed by atoms with E-state index in [9.17, 15) is 13.5 Å². The van der Waals surface area contributed by atoms with Gasteiger partial charge in [-0.25, -0.2) is 8.42 Å². The van der Waals surface area contributed by atoms with Gasteiger partial charge in [-0.2, -0.15) is 0 Å². The number of sulfonamides is 1. The van der Waals surface area contributed by atoms with Gasteiger partial charge in [0.2, 0.25) is 0 Å². The molecule has 2 rings (SSSR count). The summed E-state index contributed by atoms with van der Waals surface area (Å²) in [4.78, 5) is 0.0993. The first kappa shape index (κ1) is 15.6. The van der Waals surface area contributed by atoms with Crippen LogP contribution in [0.5, 0.6) is 5.75 Å². The number of rotatable bonds is 3. The second-order valence-corrected chi connectivity index (χ2v) is 7.68. The Hall–Kier alpha value is -0.760. The van der Waals surface area contributed by atoms with Gasteiger partial charge < -0.3 is 5.11 Å². The van der Waals surface area contributed by atoms with Gasteiger partial charge in [-0.1, -0.05) is 11.6 Å². The minimum Gasteiger partial charge on any atom is -0.506 e. The fraction of sp³-hybridized carbons (Fsp3) is 0. The van der Waals surface area contributed by atoms with Crippen LogP contribution in [0.4, 0.5) is 5.69 Å². The molecule has 4 nitrogen and oxygen atoms in total. The Bertz CT molecular complexity index is 725. The molecular weight excluding hydrogens is 433 g/mol. The van der Waals surface area contributed by atoms with E-state index >= 15 is 0 Å². The van der Waals surface area contributed by atoms with E-state index in [1.165, 1.54) is 36.4 Å². The normalized spacial score (nSPS) is 11.3. The van der Waals surface area contributed by atoms with Gasteiger partial charge in [0, 0.05) is 5.02 Å². The molecule has 0 aliphatic carbocycles. The molecule has 0 radical (unpaired) electrons. The van der Waals surface area contributed by atoms with Crippen LogP contribution in [-0.4, -0.2) is 13.5 Å². The molecule has 0 aromatic heterocycles. The van der Waals surface area contributed by atoms with Gasteiger partial charge in [-0.15, -0.1) is 0 Å². The number of aromatic hydroxyl groups is 1. The summed E-state index contributed by atoms with van der Waals surface area (Å²) in [5.74, 6) is -0.000518. The molecular formula is C12H8Br2ClNO3S. The zero-order valence-corrected chi connectivity index (χ0v) is 14.5. The molecule has 2 N–H and O–H groups in total. The minimum atomic E-state index is -3.71. The maximum atomic E-state index is 12.2. The zero-order chi connectivity index (χ0) is 14.9. The molecule has 0 heterocycles. The number of hydrogen-bond donors (Lipinski definition) is 2. The van der Waals surface area contributed by atoms with E-state index in [0.717, 1.165) is 0 Å². The number of halogens is 3. The summed E-state index contributed by atoms with van der Waals surface area (Å²) in [5.41, 5.74) is 0.316. The average Bonchev–Trinajstić information content (AvgIpc) is 2.36. The Labute approximate surface area is 138 Å². The lowest BCUT2D eigenvalue weighted by Gasteiger charge is -2.10. The standard InChI is InChI=1S/C12H8Br2ClNO3S/c13-10-5-8(6-11(14)12(10)17)16-20(18,19)9-3-1-7(15)2-4-9/h1-6,16-17H. The minimum absolute atomic E-state index is 0.000518. The molecule has 0 aliphatic rings. The molecule has 20 heavy (non-hydrogen) atoms. The quantitative estimate of drug-likeness (QED) is 0.695. The summed E-state index contributed by atoms with van der Waals surface area (Å²) in [6.07, 6.45) is 0. The van der Waals surface area contributed by atoms with Crippen molar-refractivity contribution < 1.29 is 13.5 Å². The molecule has 0 atom stereocenters. The molecule has 0 fully saturated rings. The smallest absolute Gasteiger partial charge is 0.261 e. The molecule has 2 aromatic rings. The maximum absolute atomic E-state index is 12.2. The first-order valence-electron chi connectivity index (χ1n) is 5.26. The zero-order valence-electron chi connectivity index (χ0n) is 9.77. The fourth-order valence-corrected chi connectivity index (χ4v) is 3.81. The lowest BCUT2D eigenvalue weighted by atomic mass is 10.3. The molecule has 0 saturated carbocycles.